The topological polar surface area (TPSA) is 69.5 Å². The third kappa shape index (κ3) is 4.59. The van der Waals surface area contributed by atoms with E-state index in [-0.39, 0.29) is 0 Å². The summed E-state index contributed by atoms with van der Waals surface area (Å²) >= 11 is 1.63. The lowest BCUT2D eigenvalue weighted by atomic mass is 10.1. The highest BCUT2D eigenvalue weighted by atomic mass is 32.1. The fraction of sp³-hybridized carbons (Fsp3) is 0.300. The molecule has 2 aromatic heterocycles. The van der Waals surface area contributed by atoms with Gasteiger partial charge in [-0.2, -0.15) is 0 Å². The van der Waals surface area contributed by atoms with Crippen LogP contribution in [-0.4, -0.2) is 36.2 Å². The molecular formula is C20H24N4OS. The van der Waals surface area contributed by atoms with E-state index in [4.69, 9.17) is 0 Å². The van der Waals surface area contributed by atoms with Crippen LogP contribution in [0.1, 0.15) is 22.1 Å². The van der Waals surface area contributed by atoms with E-state index in [9.17, 15) is 5.11 Å². The number of aryl methyl sites for hydroxylation is 1. The second kappa shape index (κ2) is 8.78. The maximum absolute atomic E-state index is 10.5. The second-order valence-corrected chi connectivity index (χ2v) is 7.25. The summed E-state index contributed by atoms with van der Waals surface area (Å²) in [6, 6.07) is 12.3. The quantitative estimate of drug-likeness (QED) is 0.462. The van der Waals surface area contributed by atoms with E-state index < -0.39 is 6.10 Å². The molecule has 1 unspecified atom stereocenters. The van der Waals surface area contributed by atoms with Gasteiger partial charge in [0, 0.05) is 42.1 Å². The van der Waals surface area contributed by atoms with Crippen molar-refractivity contribution in [3.05, 3.63) is 64.8 Å². The summed E-state index contributed by atoms with van der Waals surface area (Å²) in [7, 11) is 1.73. The average molecular weight is 369 g/mol. The van der Waals surface area contributed by atoms with E-state index in [0.717, 1.165) is 17.8 Å². The SMILES string of the molecule is CN=C(NCCc1ccncc1C)NCC(O)c1cc2ccccc2s1. The summed E-state index contributed by atoms with van der Waals surface area (Å²) in [6.07, 6.45) is 4.03. The van der Waals surface area contributed by atoms with Gasteiger partial charge in [-0.1, -0.05) is 18.2 Å². The number of nitrogens with one attached hydrogen (secondary N) is 2. The van der Waals surface area contributed by atoms with E-state index in [2.05, 4.69) is 45.7 Å². The number of guanidine groups is 1. The first kappa shape index (κ1) is 18.4. The van der Waals surface area contributed by atoms with Crippen molar-refractivity contribution in [1.29, 1.82) is 0 Å². The molecule has 6 heteroatoms. The molecule has 0 aliphatic carbocycles. The lowest BCUT2D eigenvalue weighted by Crippen LogP contribution is -2.40. The van der Waals surface area contributed by atoms with Gasteiger partial charge in [-0.3, -0.25) is 9.98 Å². The molecule has 0 saturated carbocycles. The minimum atomic E-state index is -0.562. The number of hydrogen-bond acceptors (Lipinski definition) is 4. The number of pyridine rings is 1. The van der Waals surface area contributed by atoms with Gasteiger partial charge in [0.25, 0.3) is 0 Å². The molecule has 0 radical (unpaired) electrons. The Bertz CT molecular complexity index is 857. The average Bonchev–Trinajstić information content (AvgIpc) is 3.10. The minimum absolute atomic E-state index is 0.417. The third-order valence-corrected chi connectivity index (χ3v) is 5.50. The van der Waals surface area contributed by atoms with Crippen molar-refractivity contribution < 1.29 is 5.11 Å². The molecule has 1 aromatic carbocycles. The highest BCUT2D eigenvalue weighted by Crippen LogP contribution is 2.29. The number of nitrogens with zero attached hydrogens (tertiary/aromatic N) is 2. The van der Waals surface area contributed by atoms with Crippen LogP contribution < -0.4 is 10.6 Å². The van der Waals surface area contributed by atoms with Gasteiger partial charge in [-0.05, 0) is 48.1 Å². The van der Waals surface area contributed by atoms with Crippen LogP contribution in [0.15, 0.2) is 53.8 Å². The van der Waals surface area contributed by atoms with Crippen LogP contribution in [0.2, 0.25) is 0 Å². The van der Waals surface area contributed by atoms with Gasteiger partial charge < -0.3 is 15.7 Å². The zero-order chi connectivity index (χ0) is 18.4. The molecule has 0 spiro atoms. The molecule has 3 aromatic rings. The largest absolute Gasteiger partial charge is 0.386 e. The van der Waals surface area contributed by atoms with Crippen LogP contribution in [0.3, 0.4) is 0 Å². The number of rotatable bonds is 6. The van der Waals surface area contributed by atoms with Crippen LogP contribution in [0, 0.1) is 6.92 Å². The Kier molecular flexibility index (Phi) is 6.20. The molecule has 0 bridgehead atoms. The molecule has 3 N–H and O–H groups in total. The van der Waals surface area contributed by atoms with Gasteiger partial charge in [-0.15, -0.1) is 11.3 Å². The van der Waals surface area contributed by atoms with Gasteiger partial charge in [0.1, 0.15) is 6.10 Å². The van der Waals surface area contributed by atoms with Crippen LogP contribution in [0.5, 0.6) is 0 Å². The van der Waals surface area contributed by atoms with Gasteiger partial charge in [0.15, 0.2) is 5.96 Å². The number of hydrogen-bond donors (Lipinski definition) is 3. The number of benzene rings is 1. The maximum atomic E-state index is 10.5. The van der Waals surface area contributed by atoms with Gasteiger partial charge in [0.2, 0.25) is 0 Å². The first-order valence-electron chi connectivity index (χ1n) is 8.68. The molecular weight excluding hydrogens is 344 g/mol. The van der Waals surface area contributed by atoms with Crippen molar-refractivity contribution in [2.24, 2.45) is 4.99 Å². The number of thiophene rings is 1. The predicted octanol–water partition coefficient (Wildman–Crippen LogP) is 3.05. The van der Waals surface area contributed by atoms with Crippen molar-refractivity contribution in [2.75, 3.05) is 20.1 Å². The Hall–Kier alpha value is -2.44. The zero-order valence-electron chi connectivity index (χ0n) is 15.1. The molecule has 0 saturated heterocycles. The van der Waals surface area contributed by atoms with E-state index in [1.807, 2.05) is 30.6 Å². The zero-order valence-corrected chi connectivity index (χ0v) is 15.9. The molecule has 0 amide bonds. The molecule has 1 atom stereocenters. The second-order valence-electron chi connectivity index (χ2n) is 6.13. The van der Waals surface area contributed by atoms with Crippen LogP contribution in [0.25, 0.3) is 10.1 Å². The Labute approximate surface area is 157 Å². The molecule has 136 valence electrons. The van der Waals surface area contributed by atoms with E-state index in [1.165, 1.54) is 21.2 Å². The van der Waals surface area contributed by atoms with Gasteiger partial charge in [0.05, 0.1) is 0 Å². The molecule has 5 nitrogen and oxygen atoms in total. The third-order valence-electron chi connectivity index (χ3n) is 4.28. The Morgan fingerprint density at radius 1 is 1.27 bits per heavy atom. The van der Waals surface area contributed by atoms with Crippen molar-refractivity contribution in [3.63, 3.8) is 0 Å². The predicted molar refractivity (Wildman–Crippen MR) is 109 cm³/mol. The molecule has 0 aliphatic rings. The summed E-state index contributed by atoms with van der Waals surface area (Å²) < 4.78 is 1.19. The van der Waals surface area contributed by atoms with E-state index in [1.54, 1.807) is 18.4 Å². The monoisotopic (exact) mass is 368 g/mol. The standard InChI is InChI=1S/C20H24N4OS/c1-14-12-22-9-7-15(14)8-10-23-20(21-2)24-13-17(25)19-11-16-5-3-4-6-18(16)26-19/h3-7,9,11-12,17,25H,8,10,13H2,1-2H3,(H2,21,23,24). The number of aliphatic imine (C=N–C) groups is 1. The number of aliphatic hydroxyl groups is 1. The number of aliphatic hydroxyl groups excluding tert-OH is 1. The van der Waals surface area contributed by atoms with Gasteiger partial charge >= 0.3 is 0 Å². The summed E-state index contributed by atoms with van der Waals surface area (Å²) in [5.41, 5.74) is 2.46. The highest BCUT2D eigenvalue weighted by molar-refractivity contribution is 7.19. The minimum Gasteiger partial charge on any atom is -0.386 e. The van der Waals surface area contributed by atoms with Crippen LogP contribution in [-0.2, 0) is 6.42 Å². The smallest absolute Gasteiger partial charge is 0.191 e. The van der Waals surface area contributed by atoms with Crippen molar-refractivity contribution >= 4 is 27.4 Å². The molecule has 2 heterocycles. The molecule has 0 fully saturated rings. The van der Waals surface area contributed by atoms with Crippen LogP contribution >= 0.6 is 11.3 Å². The summed E-state index contributed by atoms with van der Waals surface area (Å²) in [5, 5.41) is 18.1. The van der Waals surface area contributed by atoms with Crippen molar-refractivity contribution in [3.8, 4) is 0 Å². The summed E-state index contributed by atoms with van der Waals surface area (Å²) in [6.45, 7) is 3.25. The summed E-state index contributed by atoms with van der Waals surface area (Å²) in [5.74, 6) is 0.692. The fourth-order valence-electron chi connectivity index (χ4n) is 2.78. The molecule has 3 rings (SSSR count). The highest BCUT2D eigenvalue weighted by Gasteiger charge is 2.12. The number of fused-ring (bicyclic) bond motifs is 1. The Morgan fingerprint density at radius 3 is 2.88 bits per heavy atom. The Balaban J connectivity index is 1.49. The summed E-state index contributed by atoms with van der Waals surface area (Å²) in [4.78, 5) is 9.30. The number of aromatic nitrogens is 1. The van der Waals surface area contributed by atoms with Crippen molar-refractivity contribution in [1.82, 2.24) is 15.6 Å². The first-order valence-corrected chi connectivity index (χ1v) is 9.49. The van der Waals surface area contributed by atoms with Crippen molar-refractivity contribution in [2.45, 2.75) is 19.4 Å². The molecule has 26 heavy (non-hydrogen) atoms. The fourth-order valence-corrected chi connectivity index (χ4v) is 3.83. The lowest BCUT2D eigenvalue weighted by molar-refractivity contribution is 0.184. The molecule has 0 aliphatic heterocycles. The Morgan fingerprint density at radius 2 is 2.12 bits per heavy atom. The van der Waals surface area contributed by atoms with Crippen LogP contribution in [0.4, 0.5) is 0 Å². The normalized spacial score (nSPS) is 13.0. The van der Waals surface area contributed by atoms with E-state index in [0.29, 0.717) is 12.5 Å². The maximum Gasteiger partial charge on any atom is 0.191 e. The van der Waals surface area contributed by atoms with E-state index >= 15 is 0 Å². The van der Waals surface area contributed by atoms with Gasteiger partial charge in [-0.25, -0.2) is 0 Å². The lowest BCUT2D eigenvalue weighted by Gasteiger charge is -2.15. The first-order chi connectivity index (χ1) is 12.7.